The first-order valence-electron chi connectivity index (χ1n) is 8.87. The number of hydrogen-bond acceptors (Lipinski definition) is 3. The van der Waals surface area contributed by atoms with Crippen molar-refractivity contribution in [3.63, 3.8) is 0 Å². The van der Waals surface area contributed by atoms with E-state index < -0.39 is 5.91 Å². The van der Waals surface area contributed by atoms with E-state index in [1.54, 1.807) is 6.07 Å². The molecular weight excluding hydrogens is 340 g/mol. The summed E-state index contributed by atoms with van der Waals surface area (Å²) in [7, 11) is 0. The van der Waals surface area contributed by atoms with Crippen LogP contribution in [0.2, 0.25) is 0 Å². The van der Waals surface area contributed by atoms with E-state index in [9.17, 15) is 14.4 Å². The number of imide groups is 1. The average molecular weight is 362 g/mol. The number of hydrogen-bond donors (Lipinski definition) is 1. The Kier molecular flexibility index (Phi) is 4.95. The molecule has 1 heterocycles. The van der Waals surface area contributed by atoms with Crippen LogP contribution in [0.15, 0.2) is 49.1 Å². The molecule has 2 aromatic carbocycles. The second-order valence-corrected chi connectivity index (χ2v) is 6.92. The molecule has 0 spiro atoms. The summed E-state index contributed by atoms with van der Waals surface area (Å²) in [4.78, 5) is 38.7. The molecule has 1 N–H and O–H groups in total. The summed E-state index contributed by atoms with van der Waals surface area (Å²) >= 11 is 0. The summed E-state index contributed by atoms with van der Waals surface area (Å²) in [6.45, 7) is 9.80. The molecule has 5 heteroatoms. The normalized spacial score (nSPS) is 13.1. The Hall–Kier alpha value is -3.21. The van der Waals surface area contributed by atoms with E-state index in [-0.39, 0.29) is 29.8 Å². The second kappa shape index (κ2) is 7.19. The monoisotopic (exact) mass is 362 g/mol. The number of carbonyl (C=O) groups excluding carboxylic acids is 3. The minimum atomic E-state index is -0.400. The summed E-state index contributed by atoms with van der Waals surface area (Å²) in [6.07, 6.45) is 1.50. The summed E-state index contributed by atoms with van der Waals surface area (Å²) in [6, 6.07) is 10.5. The van der Waals surface area contributed by atoms with Crippen molar-refractivity contribution in [3.05, 3.63) is 76.9 Å². The van der Waals surface area contributed by atoms with Crippen LogP contribution >= 0.6 is 0 Å². The van der Waals surface area contributed by atoms with Crippen LogP contribution in [-0.2, 0) is 0 Å². The molecule has 0 aliphatic carbocycles. The van der Waals surface area contributed by atoms with Crippen molar-refractivity contribution >= 4 is 23.4 Å². The summed E-state index contributed by atoms with van der Waals surface area (Å²) in [5, 5.41) is 2.97. The largest absolute Gasteiger partial charge is 0.321 e. The average Bonchev–Trinajstić information content (AvgIpc) is 2.88. The minimum Gasteiger partial charge on any atom is -0.321 e. The van der Waals surface area contributed by atoms with E-state index in [0.717, 1.165) is 21.7 Å². The molecule has 1 aliphatic heterocycles. The van der Waals surface area contributed by atoms with Crippen molar-refractivity contribution in [3.8, 4) is 0 Å². The number of nitrogens with one attached hydrogen (secondary N) is 1. The van der Waals surface area contributed by atoms with Crippen molar-refractivity contribution < 1.29 is 14.4 Å². The van der Waals surface area contributed by atoms with E-state index in [2.05, 4.69) is 25.7 Å². The van der Waals surface area contributed by atoms with Gasteiger partial charge in [-0.25, -0.2) is 0 Å². The Labute approximate surface area is 158 Å². The highest BCUT2D eigenvalue weighted by molar-refractivity contribution is 6.22. The van der Waals surface area contributed by atoms with Gasteiger partial charge in [-0.3, -0.25) is 19.3 Å². The maximum atomic E-state index is 12.8. The van der Waals surface area contributed by atoms with Gasteiger partial charge in [0.05, 0.1) is 11.1 Å². The fraction of sp³-hybridized carbons (Fsp3) is 0.227. The van der Waals surface area contributed by atoms with Crippen LogP contribution in [0.25, 0.3) is 0 Å². The molecule has 0 unspecified atom stereocenters. The lowest BCUT2D eigenvalue weighted by Gasteiger charge is -2.16. The SMILES string of the molecule is C=CCN1C(=O)c2ccc(C(=O)Nc3c(C)cccc3C(C)C)cc2C1=O. The third kappa shape index (κ3) is 3.28. The van der Waals surface area contributed by atoms with Gasteiger partial charge in [0.2, 0.25) is 0 Å². The van der Waals surface area contributed by atoms with Crippen molar-refractivity contribution in [2.75, 3.05) is 11.9 Å². The molecule has 5 nitrogen and oxygen atoms in total. The lowest BCUT2D eigenvalue weighted by molar-refractivity contribution is 0.0672. The Balaban J connectivity index is 1.92. The van der Waals surface area contributed by atoms with Crippen LogP contribution in [0.5, 0.6) is 0 Å². The molecule has 3 amide bonds. The number of aryl methyl sites for hydroxylation is 1. The van der Waals surface area contributed by atoms with Crippen molar-refractivity contribution in [2.24, 2.45) is 0 Å². The second-order valence-electron chi connectivity index (χ2n) is 6.92. The number of amides is 3. The lowest BCUT2D eigenvalue weighted by atomic mass is 9.97. The quantitative estimate of drug-likeness (QED) is 0.642. The molecule has 0 radical (unpaired) electrons. The van der Waals surface area contributed by atoms with Gasteiger partial charge in [0.15, 0.2) is 0 Å². The van der Waals surface area contributed by atoms with Crippen LogP contribution in [-0.4, -0.2) is 29.2 Å². The number of carbonyl (C=O) groups is 3. The van der Waals surface area contributed by atoms with Gasteiger partial charge in [-0.05, 0) is 42.2 Å². The number of para-hydroxylation sites is 1. The van der Waals surface area contributed by atoms with Gasteiger partial charge in [-0.15, -0.1) is 6.58 Å². The molecule has 0 saturated heterocycles. The van der Waals surface area contributed by atoms with Crippen LogP contribution in [0.3, 0.4) is 0 Å². The number of fused-ring (bicyclic) bond motifs is 1. The minimum absolute atomic E-state index is 0.148. The molecular formula is C22H22N2O3. The predicted molar refractivity (Wildman–Crippen MR) is 105 cm³/mol. The van der Waals surface area contributed by atoms with Crippen LogP contribution in [0, 0.1) is 6.92 Å². The van der Waals surface area contributed by atoms with Gasteiger partial charge < -0.3 is 5.32 Å². The molecule has 1 aliphatic rings. The van der Waals surface area contributed by atoms with Crippen LogP contribution < -0.4 is 5.32 Å². The first-order chi connectivity index (χ1) is 12.8. The molecule has 0 fully saturated rings. The van der Waals surface area contributed by atoms with Gasteiger partial charge in [-0.1, -0.05) is 38.1 Å². The van der Waals surface area contributed by atoms with Gasteiger partial charge in [0, 0.05) is 17.8 Å². The van der Waals surface area contributed by atoms with E-state index in [1.165, 1.54) is 18.2 Å². The highest BCUT2D eigenvalue weighted by Gasteiger charge is 2.35. The Morgan fingerprint density at radius 1 is 1.15 bits per heavy atom. The first kappa shape index (κ1) is 18.6. The van der Waals surface area contributed by atoms with Crippen molar-refractivity contribution in [2.45, 2.75) is 26.7 Å². The molecule has 0 bridgehead atoms. The van der Waals surface area contributed by atoms with Crippen LogP contribution in [0.1, 0.15) is 62.0 Å². The van der Waals surface area contributed by atoms with E-state index in [0.29, 0.717) is 11.1 Å². The maximum absolute atomic E-state index is 12.8. The van der Waals surface area contributed by atoms with E-state index >= 15 is 0 Å². The predicted octanol–water partition coefficient (Wildman–Crippen LogP) is 4.15. The molecule has 27 heavy (non-hydrogen) atoms. The van der Waals surface area contributed by atoms with Gasteiger partial charge >= 0.3 is 0 Å². The molecule has 2 aromatic rings. The zero-order chi connectivity index (χ0) is 19.7. The lowest BCUT2D eigenvalue weighted by Crippen LogP contribution is -2.29. The van der Waals surface area contributed by atoms with Crippen molar-refractivity contribution in [1.29, 1.82) is 0 Å². The Morgan fingerprint density at radius 3 is 2.52 bits per heavy atom. The molecule has 138 valence electrons. The maximum Gasteiger partial charge on any atom is 0.261 e. The number of nitrogens with zero attached hydrogens (tertiary/aromatic N) is 1. The Morgan fingerprint density at radius 2 is 1.85 bits per heavy atom. The van der Waals surface area contributed by atoms with E-state index in [1.807, 2.05) is 25.1 Å². The van der Waals surface area contributed by atoms with E-state index in [4.69, 9.17) is 0 Å². The van der Waals surface area contributed by atoms with Crippen LogP contribution in [0.4, 0.5) is 5.69 Å². The smallest absolute Gasteiger partial charge is 0.261 e. The molecule has 3 rings (SSSR count). The first-order valence-corrected chi connectivity index (χ1v) is 8.87. The zero-order valence-corrected chi connectivity index (χ0v) is 15.7. The fourth-order valence-electron chi connectivity index (χ4n) is 3.25. The standard InChI is InChI=1S/C22H22N2O3/c1-5-11-24-21(26)17-10-9-15(12-18(17)22(24)27)20(25)23-19-14(4)7-6-8-16(19)13(2)3/h5-10,12-13H,1,11H2,2-4H3,(H,23,25). The fourth-order valence-corrected chi connectivity index (χ4v) is 3.25. The van der Waals surface area contributed by atoms with Crippen molar-refractivity contribution in [1.82, 2.24) is 4.90 Å². The summed E-state index contributed by atoms with van der Waals surface area (Å²) < 4.78 is 0. The highest BCUT2D eigenvalue weighted by atomic mass is 16.2. The van der Waals surface area contributed by atoms with Gasteiger partial charge in [0.25, 0.3) is 17.7 Å². The molecule has 0 aromatic heterocycles. The highest BCUT2D eigenvalue weighted by Crippen LogP contribution is 2.29. The number of anilines is 1. The molecule has 0 atom stereocenters. The van der Waals surface area contributed by atoms with Gasteiger partial charge in [0.1, 0.15) is 0 Å². The summed E-state index contributed by atoms with van der Waals surface area (Å²) in [5.41, 5.74) is 3.72. The Bertz CT molecular complexity index is 960. The third-order valence-electron chi connectivity index (χ3n) is 4.71. The molecule has 0 saturated carbocycles. The number of rotatable bonds is 5. The number of benzene rings is 2. The topological polar surface area (TPSA) is 66.5 Å². The zero-order valence-electron chi connectivity index (χ0n) is 15.7. The third-order valence-corrected chi connectivity index (χ3v) is 4.71. The van der Waals surface area contributed by atoms with Gasteiger partial charge in [-0.2, -0.15) is 0 Å². The summed E-state index contributed by atoms with van der Waals surface area (Å²) in [5.74, 6) is -0.811.